The second-order valence-electron chi connectivity index (χ2n) is 7.57. The van der Waals surface area contributed by atoms with Gasteiger partial charge in [0.2, 0.25) is 0 Å². The lowest BCUT2D eigenvalue weighted by molar-refractivity contribution is 0.00863. The second kappa shape index (κ2) is 13.7. The van der Waals surface area contributed by atoms with Crippen molar-refractivity contribution in [2.24, 2.45) is 10.9 Å². The summed E-state index contributed by atoms with van der Waals surface area (Å²) in [6.45, 7) is 14.7. The Kier molecular flexibility index (Phi) is 12.6. The number of aromatic nitrogens is 1. The van der Waals surface area contributed by atoms with Crippen LogP contribution in [-0.4, -0.2) is 80.3 Å². The number of nitrogens with zero attached hydrogens (tertiary/aromatic N) is 4. The van der Waals surface area contributed by atoms with Gasteiger partial charge in [-0.3, -0.25) is 9.89 Å². The molecule has 1 N–H and O–H groups in total. The summed E-state index contributed by atoms with van der Waals surface area (Å²) in [5.41, 5.74) is 1.05. The zero-order chi connectivity index (χ0) is 20.5. The molecular formula is C20H38IN5O2S. The molecule has 29 heavy (non-hydrogen) atoms. The zero-order valence-electron chi connectivity index (χ0n) is 18.7. The molecule has 7 nitrogen and oxygen atoms in total. The third kappa shape index (κ3) is 8.28. The van der Waals surface area contributed by atoms with Gasteiger partial charge < -0.3 is 19.7 Å². The largest absolute Gasteiger partial charge is 0.379 e. The number of aliphatic imine (C=N–C) groups is 1. The molecule has 2 heterocycles. The first-order valence-electron chi connectivity index (χ1n) is 10.2. The van der Waals surface area contributed by atoms with Crippen LogP contribution < -0.4 is 5.32 Å². The normalized spacial score (nSPS) is 17.7. The lowest BCUT2D eigenvalue weighted by Crippen LogP contribution is -2.48. The fraction of sp³-hybridized carbons (Fsp3) is 0.800. The fourth-order valence-corrected chi connectivity index (χ4v) is 4.15. The summed E-state index contributed by atoms with van der Waals surface area (Å²) in [5, 5.41) is 6.54. The van der Waals surface area contributed by atoms with Crippen molar-refractivity contribution in [3.8, 4) is 0 Å². The van der Waals surface area contributed by atoms with Crippen molar-refractivity contribution >= 4 is 41.3 Å². The summed E-state index contributed by atoms with van der Waals surface area (Å²) in [6, 6.07) is 0.430. The summed E-state index contributed by atoms with van der Waals surface area (Å²) < 4.78 is 10.9. The van der Waals surface area contributed by atoms with Crippen LogP contribution in [0.25, 0.3) is 0 Å². The van der Waals surface area contributed by atoms with Crippen LogP contribution in [0.2, 0.25) is 0 Å². The summed E-state index contributed by atoms with van der Waals surface area (Å²) >= 11 is 1.65. The van der Waals surface area contributed by atoms with Gasteiger partial charge in [0, 0.05) is 45.2 Å². The summed E-state index contributed by atoms with van der Waals surface area (Å²) in [7, 11) is 3.78. The first-order chi connectivity index (χ1) is 13.5. The molecule has 0 aromatic carbocycles. The Labute approximate surface area is 197 Å². The maximum Gasteiger partial charge on any atom is 0.194 e. The molecule has 0 amide bonds. The van der Waals surface area contributed by atoms with E-state index in [-0.39, 0.29) is 30.1 Å². The molecule has 2 unspecified atom stereocenters. The minimum atomic E-state index is 0. The average Bonchev–Trinajstić information content (AvgIpc) is 3.15. The van der Waals surface area contributed by atoms with Crippen molar-refractivity contribution < 1.29 is 9.47 Å². The monoisotopic (exact) mass is 539 g/mol. The third-order valence-electron chi connectivity index (χ3n) is 5.08. The predicted octanol–water partition coefficient (Wildman–Crippen LogP) is 3.22. The van der Waals surface area contributed by atoms with Crippen molar-refractivity contribution in [3.63, 3.8) is 0 Å². The molecular weight excluding hydrogens is 501 g/mol. The highest BCUT2D eigenvalue weighted by Crippen LogP contribution is 2.21. The highest BCUT2D eigenvalue weighted by atomic mass is 127. The van der Waals surface area contributed by atoms with Crippen LogP contribution in [0.15, 0.2) is 10.4 Å². The minimum absolute atomic E-state index is 0. The number of morpholine rings is 1. The maximum atomic E-state index is 5.51. The first-order valence-corrected chi connectivity index (χ1v) is 11.1. The standard InChI is InChI=1S/C20H37N5O2S.HI/c1-7-21-20(22-12-18(15(2)3)25-8-10-27-11-9-25)24(5)13-17-14-28-19(23-17)16(4)26-6;/h14-16,18H,7-13H2,1-6H3,(H,21,22);1H. The van der Waals surface area contributed by atoms with Gasteiger partial charge in [-0.05, 0) is 19.8 Å². The molecule has 1 aromatic rings. The zero-order valence-corrected chi connectivity index (χ0v) is 21.8. The molecule has 1 aliphatic heterocycles. The van der Waals surface area contributed by atoms with Crippen LogP contribution in [0.5, 0.6) is 0 Å². The number of thiazole rings is 1. The smallest absolute Gasteiger partial charge is 0.194 e. The number of hydrogen-bond acceptors (Lipinski definition) is 6. The van der Waals surface area contributed by atoms with E-state index in [1.807, 2.05) is 6.92 Å². The molecule has 0 radical (unpaired) electrons. The quantitative estimate of drug-likeness (QED) is 0.296. The number of nitrogens with one attached hydrogen (secondary N) is 1. The minimum Gasteiger partial charge on any atom is -0.379 e. The van der Waals surface area contributed by atoms with E-state index in [4.69, 9.17) is 19.5 Å². The second-order valence-corrected chi connectivity index (χ2v) is 8.46. The number of guanidine groups is 1. The molecule has 0 bridgehead atoms. The molecule has 2 rings (SSSR count). The molecule has 0 spiro atoms. The average molecular weight is 540 g/mol. The highest BCUT2D eigenvalue weighted by Gasteiger charge is 2.24. The number of halogens is 1. The molecule has 9 heteroatoms. The van der Waals surface area contributed by atoms with Gasteiger partial charge in [-0.25, -0.2) is 4.98 Å². The Balaban J connectivity index is 0.00000420. The summed E-state index contributed by atoms with van der Waals surface area (Å²) in [4.78, 5) is 14.3. The molecule has 0 aliphatic carbocycles. The first kappa shape index (κ1) is 26.5. The van der Waals surface area contributed by atoms with Gasteiger partial charge in [0.25, 0.3) is 0 Å². The fourth-order valence-electron chi connectivity index (χ4n) is 3.31. The van der Waals surface area contributed by atoms with Crippen molar-refractivity contribution in [2.45, 2.75) is 46.4 Å². The van der Waals surface area contributed by atoms with E-state index in [2.05, 4.69) is 48.3 Å². The number of hydrogen-bond donors (Lipinski definition) is 1. The van der Waals surface area contributed by atoms with Gasteiger partial charge in [-0.1, -0.05) is 13.8 Å². The molecule has 1 aromatic heterocycles. The topological polar surface area (TPSA) is 62.2 Å². The molecule has 0 saturated carbocycles. The lowest BCUT2D eigenvalue weighted by atomic mass is 10.0. The van der Waals surface area contributed by atoms with Crippen LogP contribution in [0.3, 0.4) is 0 Å². The van der Waals surface area contributed by atoms with Crippen LogP contribution in [-0.2, 0) is 16.0 Å². The molecule has 1 saturated heterocycles. The Bertz CT molecular complexity index is 607. The SMILES string of the molecule is CCNC(=NCC(C(C)C)N1CCOCC1)N(C)Cc1csc(C(C)OC)n1.I. The van der Waals surface area contributed by atoms with E-state index in [1.165, 1.54) is 0 Å². The Morgan fingerprint density at radius 2 is 2.07 bits per heavy atom. The lowest BCUT2D eigenvalue weighted by Gasteiger charge is -2.36. The van der Waals surface area contributed by atoms with E-state index < -0.39 is 0 Å². The predicted molar refractivity (Wildman–Crippen MR) is 131 cm³/mol. The number of rotatable bonds is 9. The van der Waals surface area contributed by atoms with Gasteiger partial charge in [-0.15, -0.1) is 35.3 Å². The van der Waals surface area contributed by atoms with Gasteiger partial charge in [-0.2, -0.15) is 0 Å². The van der Waals surface area contributed by atoms with Crippen LogP contribution in [0.1, 0.15) is 44.5 Å². The third-order valence-corrected chi connectivity index (χ3v) is 6.13. The van der Waals surface area contributed by atoms with Crippen molar-refractivity contribution in [3.05, 3.63) is 16.1 Å². The van der Waals surface area contributed by atoms with Crippen LogP contribution >= 0.6 is 35.3 Å². The molecule has 1 fully saturated rings. The molecule has 168 valence electrons. The van der Waals surface area contributed by atoms with E-state index in [0.717, 1.165) is 62.6 Å². The molecule has 1 aliphatic rings. The Morgan fingerprint density at radius 1 is 1.38 bits per heavy atom. The highest BCUT2D eigenvalue weighted by molar-refractivity contribution is 14.0. The van der Waals surface area contributed by atoms with Gasteiger partial charge in [0.15, 0.2) is 5.96 Å². The van der Waals surface area contributed by atoms with Gasteiger partial charge >= 0.3 is 0 Å². The molecule has 2 atom stereocenters. The Hall–Kier alpha value is -0.490. The number of methoxy groups -OCH3 is 1. The van der Waals surface area contributed by atoms with Gasteiger partial charge in [0.1, 0.15) is 11.1 Å². The van der Waals surface area contributed by atoms with E-state index >= 15 is 0 Å². The van der Waals surface area contributed by atoms with E-state index in [1.54, 1.807) is 18.4 Å². The summed E-state index contributed by atoms with van der Waals surface area (Å²) in [5.74, 6) is 1.47. The maximum absolute atomic E-state index is 5.51. The van der Waals surface area contributed by atoms with Crippen LogP contribution in [0.4, 0.5) is 0 Å². The van der Waals surface area contributed by atoms with Gasteiger partial charge in [0.05, 0.1) is 32.0 Å². The van der Waals surface area contributed by atoms with Crippen molar-refractivity contribution in [1.29, 1.82) is 0 Å². The van der Waals surface area contributed by atoms with Crippen molar-refractivity contribution in [1.82, 2.24) is 20.1 Å². The summed E-state index contributed by atoms with van der Waals surface area (Å²) in [6.07, 6.45) is 0.0336. The van der Waals surface area contributed by atoms with Crippen molar-refractivity contribution in [2.75, 3.05) is 53.6 Å². The van der Waals surface area contributed by atoms with E-state index in [9.17, 15) is 0 Å². The van der Waals surface area contributed by atoms with E-state index in [0.29, 0.717) is 12.0 Å². The Morgan fingerprint density at radius 3 is 2.66 bits per heavy atom. The van der Waals surface area contributed by atoms with Crippen LogP contribution in [0, 0.1) is 5.92 Å². The number of ether oxygens (including phenoxy) is 2.